The topological polar surface area (TPSA) is 40.0 Å². The maximum absolute atomic E-state index is 5.99. The minimum Gasteiger partial charge on any atom is -0.291 e. The van der Waals surface area contributed by atoms with Gasteiger partial charge in [0.15, 0.2) is 0 Å². The number of hydrogen-bond acceptors (Lipinski definition) is 1. The summed E-state index contributed by atoms with van der Waals surface area (Å²) >= 11 is 5.99. The van der Waals surface area contributed by atoms with E-state index >= 15 is 0 Å². The first-order chi connectivity index (χ1) is 4.70. The first-order valence-corrected chi connectivity index (χ1v) is 4.15. The van der Waals surface area contributed by atoms with Crippen molar-refractivity contribution >= 4 is 17.4 Å². The smallest absolute Gasteiger partial charge is 0.240 e. The second-order valence-corrected chi connectivity index (χ2v) is 3.90. The number of hydrogen-bond donors (Lipinski definition) is 2. The average Bonchev–Trinajstić information content (AvgIpc) is 2.42. The molecule has 56 valence electrons. The molecule has 0 aromatic carbocycles. The van der Waals surface area contributed by atoms with Crippen LogP contribution in [0.3, 0.4) is 0 Å². The van der Waals surface area contributed by atoms with Crippen LogP contribution in [-0.4, -0.2) is 17.3 Å². The van der Waals surface area contributed by atoms with Gasteiger partial charge < -0.3 is 0 Å². The lowest BCUT2D eigenvalue weighted by Crippen LogP contribution is -2.80. The molecule has 0 spiro atoms. The summed E-state index contributed by atoms with van der Waals surface area (Å²) < 4.78 is 0. The van der Waals surface area contributed by atoms with Gasteiger partial charge in [-0.05, 0) is 5.92 Å². The average molecular weight is 160 g/mol. The summed E-state index contributed by atoms with van der Waals surface area (Å²) in [7, 11) is 0. The second kappa shape index (κ2) is 1.88. The van der Waals surface area contributed by atoms with E-state index in [1.54, 1.807) is 0 Å². The van der Waals surface area contributed by atoms with Gasteiger partial charge in [-0.25, -0.2) is 0 Å². The van der Waals surface area contributed by atoms with Crippen molar-refractivity contribution in [2.45, 2.75) is 24.8 Å². The third-order valence-electron chi connectivity index (χ3n) is 2.54. The van der Waals surface area contributed by atoms with E-state index < -0.39 is 0 Å². The monoisotopic (exact) mass is 159 g/mol. The molecular formula is C7H12ClN2+. The number of alkyl halides is 1. The zero-order valence-electron chi connectivity index (χ0n) is 5.97. The number of rotatable bonds is 0. The van der Waals surface area contributed by atoms with Crippen LogP contribution in [0.25, 0.3) is 0 Å². The summed E-state index contributed by atoms with van der Waals surface area (Å²) in [5.74, 6) is 2.26. The first-order valence-electron chi connectivity index (χ1n) is 3.72. The van der Waals surface area contributed by atoms with Gasteiger partial charge in [-0.1, -0.05) is 6.92 Å². The van der Waals surface area contributed by atoms with Crippen molar-refractivity contribution in [1.82, 2.24) is 0 Å². The highest BCUT2D eigenvalue weighted by Crippen LogP contribution is 2.42. The summed E-state index contributed by atoms with van der Waals surface area (Å²) in [4.78, 5) is 3.20. The van der Waals surface area contributed by atoms with Gasteiger partial charge in [0.2, 0.25) is 5.84 Å². The van der Waals surface area contributed by atoms with Gasteiger partial charge in [-0.15, -0.1) is 11.6 Å². The second-order valence-electron chi connectivity index (χ2n) is 3.40. The van der Waals surface area contributed by atoms with Crippen LogP contribution in [0.4, 0.5) is 0 Å². The standard InChI is InChI=1S/C7H11ClN2/c1-3-2-4(9)10-7-5(3)6(7)8/h3,5-7H,2H2,1H3,(H2,9,10)/p+1/t3-,5-,6+,7-/m0/s1. The number of nitrogens with one attached hydrogen (secondary N) is 1. The predicted octanol–water partition coefficient (Wildman–Crippen LogP) is -0.930. The van der Waals surface area contributed by atoms with Gasteiger partial charge >= 0.3 is 0 Å². The molecule has 1 saturated carbocycles. The van der Waals surface area contributed by atoms with E-state index in [9.17, 15) is 0 Å². The molecular weight excluding hydrogens is 148 g/mol. The molecule has 0 bridgehead atoms. The van der Waals surface area contributed by atoms with Crippen molar-refractivity contribution in [3.63, 3.8) is 0 Å². The van der Waals surface area contributed by atoms with Crippen LogP contribution in [0.5, 0.6) is 0 Å². The Morgan fingerprint density at radius 2 is 2.40 bits per heavy atom. The Labute approximate surface area is 65.5 Å². The van der Waals surface area contributed by atoms with Crippen LogP contribution in [-0.2, 0) is 0 Å². The van der Waals surface area contributed by atoms with E-state index in [1.807, 2.05) is 0 Å². The summed E-state index contributed by atoms with van der Waals surface area (Å²) in [6.07, 6.45) is 0.990. The van der Waals surface area contributed by atoms with Crippen LogP contribution >= 0.6 is 11.6 Å². The lowest BCUT2D eigenvalue weighted by molar-refractivity contribution is -0.484. The molecule has 2 aliphatic rings. The number of nitrogens with two attached hydrogens (primary N) is 1. The van der Waals surface area contributed by atoms with Crippen LogP contribution in [0.1, 0.15) is 13.3 Å². The van der Waals surface area contributed by atoms with Gasteiger partial charge in [0, 0.05) is 5.92 Å². The highest BCUT2D eigenvalue weighted by molar-refractivity contribution is 6.23. The maximum atomic E-state index is 5.99. The summed E-state index contributed by atoms with van der Waals surface area (Å²) in [5.41, 5.74) is 5.65. The first kappa shape index (κ1) is 6.47. The molecule has 3 N–H and O–H groups in total. The lowest BCUT2D eigenvalue weighted by atomic mass is 9.99. The van der Waals surface area contributed by atoms with E-state index in [0.29, 0.717) is 23.3 Å². The Hall–Kier alpha value is -0.240. The van der Waals surface area contributed by atoms with Crippen LogP contribution in [0.2, 0.25) is 0 Å². The zero-order valence-corrected chi connectivity index (χ0v) is 6.73. The molecule has 0 aromatic heterocycles. The summed E-state index contributed by atoms with van der Waals surface area (Å²) in [5, 5.41) is 0.330. The van der Waals surface area contributed by atoms with Crippen molar-refractivity contribution in [2.75, 3.05) is 0 Å². The Morgan fingerprint density at radius 3 is 3.00 bits per heavy atom. The molecule has 1 fully saturated rings. The molecule has 0 radical (unpaired) electrons. The van der Waals surface area contributed by atoms with Crippen molar-refractivity contribution < 1.29 is 4.99 Å². The zero-order chi connectivity index (χ0) is 7.30. The van der Waals surface area contributed by atoms with Gasteiger partial charge in [-0.3, -0.25) is 10.7 Å². The van der Waals surface area contributed by atoms with Crippen LogP contribution in [0, 0.1) is 11.8 Å². The van der Waals surface area contributed by atoms with Gasteiger partial charge in [0.25, 0.3) is 0 Å². The van der Waals surface area contributed by atoms with E-state index in [0.717, 1.165) is 12.3 Å². The highest BCUT2D eigenvalue weighted by Gasteiger charge is 2.56. The van der Waals surface area contributed by atoms with Gasteiger partial charge in [-0.2, -0.15) is 0 Å². The molecule has 4 atom stereocenters. The third kappa shape index (κ3) is 0.749. The molecule has 0 saturated heterocycles. The largest absolute Gasteiger partial charge is 0.291 e. The molecule has 3 heteroatoms. The molecule has 2 rings (SSSR count). The van der Waals surface area contributed by atoms with Crippen molar-refractivity contribution in [3.8, 4) is 0 Å². The van der Waals surface area contributed by atoms with Gasteiger partial charge in [0.1, 0.15) is 6.04 Å². The minimum absolute atomic E-state index is 0.330. The minimum atomic E-state index is 0.330. The highest BCUT2D eigenvalue weighted by atomic mass is 35.5. The number of fused-ring (bicyclic) bond motifs is 1. The van der Waals surface area contributed by atoms with E-state index in [4.69, 9.17) is 17.3 Å². The maximum Gasteiger partial charge on any atom is 0.240 e. The fraction of sp³-hybridized carbons (Fsp3) is 0.857. The van der Waals surface area contributed by atoms with E-state index in [2.05, 4.69) is 11.9 Å². The third-order valence-corrected chi connectivity index (χ3v) is 3.10. The van der Waals surface area contributed by atoms with Crippen LogP contribution < -0.4 is 10.7 Å². The molecule has 1 aliphatic heterocycles. The van der Waals surface area contributed by atoms with Crippen molar-refractivity contribution in [3.05, 3.63) is 0 Å². The molecule has 10 heavy (non-hydrogen) atoms. The Morgan fingerprint density at radius 1 is 1.70 bits per heavy atom. The summed E-state index contributed by atoms with van der Waals surface area (Å²) in [6, 6.07) is 0.477. The molecule has 1 heterocycles. The lowest BCUT2D eigenvalue weighted by Gasteiger charge is -2.09. The van der Waals surface area contributed by atoms with Gasteiger partial charge in [0.05, 0.1) is 11.8 Å². The molecule has 2 nitrogen and oxygen atoms in total. The van der Waals surface area contributed by atoms with Crippen LogP contribution in [0.15, 0.2) is 0 Å². The number of amidine groups is 1. The Kier molecular flexibility index (Phi) is 1.21. The molecule has 1 aliphatic carbocycles. The SMILES string of the molecule is C[C@H]1CC(N)=[NH+][C@@H]2[C@H](Cl)[C@@H]21. The van der Waals surface area contributed by atoms with E-state index in [-0.39, 0.29) is 0 Å². The Bertz CT molecular complexity index is 190. The predicted molar refractivity (Wildman–Crippen MR) is 40.9 cm³/mol. The summed E-state index contributed by atoms with van der Waals surface area (Å²) in [6.45, 7) is 2.22. The Balaban J connectivity index is 2.18. The molecule has 0 aromatic rings. The van der Waals surface area contributed by atoms with E-state index in [1.165, 1.54) is 0 Å². The van der Waals surface area contributed by atoms with Crippen molar-refractivity contribution in [1.29, 1.82) is 0 Å². The van der Waals surface area contributed by atoms with Crippen molar-refractivity contribution in [2.24, 2.45) is 17.6 Å². The molecule has 0 unspecified atom stereocenters. The quantitative estimate of drug-likeness (QED) is 0.441. The fourth-order valence-corrected chi connectivity index (χ4v) is 2.45. The fourth-order valence-electron chi connectivity index (χ4n) is 1.90. The molecule has 0 amide bonds. The number of halogens is 1. The normalized spacial score (nSPS) is 51.6.